The molecule has 0 saturated heterocycles. The first-order valence-electron chi connectivity index (χ1n) is 8.58. The number of rotatable bonds is 6. The summed E-state index contributed by atoms with van der Waals surface area (Å²) >= 11 is 0. The van der Waals surface area contributed by atoms with Crippen LogP contribution in [0.3, 0.4) is 0 Å². The molecule has 10 heteroatoms. The molecule has 0 aliphatic carbocycles. The number of fused-ring (bicyclic) bond motifs is 1. The lowest BCUT2D eigenvalue weighted by atomic mass is 10.2. The Bertz CT molecular complexity index is 1170. The normalized spacial score (nSPS) is 11.2. The summed E-state index contributed by atoms with van der Waals surface area (Å²) in [4.78, 5) is 40.6. The first-order valence-corrected chi connectivity index (χ1v) is 8.58. The van der Waals surface area contributed by atoms with Crippen molar-refractivity contribution in [2.24, 2.45) is 19.2 Å². The van der Waals surface area contributed by atoms with Crippen LogP contribution in [0, 0.1) is 0 Å². The second-order valence-corrected chi connectivity index (χ2v) is 6.01. The second-order valence-electron chi connectivity index (χ2n) is 6.01. The zero-order valence-electron chi connectivity index (χ0n) is 15.7. The van der Waals surface area contributed by atoms with E-state index in [0.717, 1.165) is 10.1 Å². The van der Waals surface area contributed by atoms with E-state index < -0.39 is 17.2 Å². The van der Waals surface area contributed by atoms with Gasteiger partial charge in [0.25, 0.3) is 11.5 Å². The van der Waals surface area contributed by atoms with Crippen molar-refractivity contribution in [1.29, 1.82) is 0 Å². The maximum Gasteiger partial charge on any atom is 0.332 e. The number of ether oxygens (including phenoxy) is 1. The molecule has 10 nitrogen and oxygen atoms in total. The van der Waals surface area contributed by atoms with Crippen LogP contribution in [0.15, 0.2) is 45.3 Å². The van der Waals surface area contributed by atoms with Crippen molar-refractivity contribution in [2.75, 3.05) is 6.61 Å². The zero-order chi connectivity index (χ0) is 20.3. The van der Waals surface area contributed by atoms with Crippen LogP contribution >= 0.6 is 0 Å². The molecule has 3 rings (SSSR count). The van der Waals surface area contributed by atoms with Crippen LogP contribution in [0.25, 0.3) is 11.2 Å². The Kier molecular flexibility index (Phi) is 5.39. The maximum absolute atomic E-state index is 12.4. The molecule has 0 unspecified atom stereocenters. The number of nitrogens with one attached hydrogen (secondary N) is 1. The molecule has 0 radical (unpaired) electrons. The summed E-state index contributed by atoms with van der Waals surface area (Å²) in [5.74, 6) is 0.216. The number of nitrogens with zero attached hydrogens (tertiary/aromatic N) is 5. The van der Waals surface area contributed by atoms with Crippen LogP contribution in [-0.2, 0) is 25.4 Å². The summed E-state index contributed by atoms with van der Waals surface area (Å²) in [5.41, 5.74) is 2.53. The smallest absolute Gasteiger partial charge is 0.332 e. The van der Waals surface area contributed by atoms with Crippen molar-refractivity contribution in [3.8, 4) is 5.75 Å². The fraction of sp³-hybridized carbons (Fsp3) is 0.278. The third kappa shape index (κ3) is 3.56. The number of hydrazone groups is 1. The van der Waals surface area contributed by atoms with E-state index in [9.17, 15) is 14.4 Å². The summed E-state index contributed by atoms with van der Waals surface area (Å²) in [6.07, 6.45) is 2.83. The van der Waals surface area contributed by atoms with E-state index >= 15 is 0 Å². The van der Waals surface area contributed by atoms with E-state index in [-0.39, 0.29) is 17.7 Å². The lowest BCUT2D eigenvalue weighted by Crippen LogP contribution is -2.38. The van der Waals surface area contributed by atoms with E-state index in [2.05, 4.69) is 15.5 Å². The van der Waals surface area contributed by atoms with Crippen LogP contribution in [0.5, 0.6) is 5.75 Å². The van der Waals surface area contributed by atoms with Gasteiger partial charge in [-0.05, 0) is 19.1 Å². The molecule has 1 N–H and O–H groups in total. The van der Waals surface area contributed by atoms with Crippen molar-refractivity contribution >= 4 is 23.3 Å². The highest BCUT2D eigenvalue weighted by atomic mass is 16.5. The van der Waals surface area contributed by atoms with Gasteiger partial charge in [-0.3, -0.25) is 18.7 Å². The van der Waals surface area contributed by atoms with Crippen molar-refractivity contribution in [1.82, 2.24) is 24.1 Å². The number of aryl methyl sites for hydroxylation is 1. The quantitative estimate of drug-likeness (QED) is 0.474. The highest BCUT2D eigenvalue weighted by molar-refractivity contribution is 5.85. The summed E-state index contributed by atoms with van der Waals surface area (Å²) in [7, 11) is 2.89. The number of hydrogen-bond acceptors (Lipinski definition) is 6. The van der Waals surface area contributed by atoms with Gasteiger partial charge in [0.15, 0.2) is 11.2 Å². The fourth-order valence-electron chi connectivity index (χ4n) is 2.75. The molecule has 0 saturated carbocycles. The first-order chi connectivity index (χ1) is 13.4. The summed E-state index contributed by atoms with van der Waals surface area (Å²) in [6, 6.07) is 7.31. The van der Waals surface area contributed by atoms with Gasteiger partial charge >= 0.3 is 5.69 Å². The molecule has 1 aromatic carbocycles. The van der Waals surface area contributed by atoms with E-state index in [1.807, 2.05) is 31.2 Å². The Morgan fingerprint density at radius 2 is 2.00 bits per heavy atom. The molecule has 0 aliphatic heterocycles. The number of carbonyl (C=O) groups excluding carboxylic acids is 1. The Morgan fingerprint density at radius 1 is 1.25 bits per heavy atom. The number of carbonyl (C=O) groups is 1. The Morgan fingerprint density at radius 3 is 2.75 bits per heavy atom. The number of aromatic nitrogens is 4. The number of amides is 1. The predicted molar refractivity (Wildman–Crippen MR) is 104 cm³/mol. The highest BCUT2D eigenvalue weighted by Crippen LogP contribution is 2.15. The monoisotopic (exact) mass is 384 g/mol. The first kappa shape index (κ1) is 19.1. The van der Waals surface area contributed by atoms with Crippen molar-refractivity contribution < 1.29 is 9.53 Å². The van der Waals surface area contributed by atoms with Gasteiger partial charge in [0, 0.05) is 19.7 Å². The number of imidazole rings is 1. The fourth-order valence-corrected chi connectivity index (χ4v) is 2.75. The maximum atomic E-state index is 12.4. The highest BCUT2D eigenvalue weighted by Gasteiger charge is 2.15. The van der Waals surface area contributed by atoms with Crippen molar-refractivity contribution in [2.45, 2.75) is 13.5 Å². The van der Waals surface area contributed by atoms with Gasteiger partial charge in [0.05, 0.1) is 19.1 Å². The molecule has 146 valence electrons. The van der Waals surface area contributed by atoms with Crippen LogP contribution in [0.2, 0.25) is 0 Å². The van der Waals surface area contributed by atoms with Crippen LogP contribution in [0.4, 0.5) is 0 Å². The lowest BCUT2D eigenvalue weighted by Gasteiger charge is -2.07. The van der Waals surface area contributed by atoms with E-state index in [1.165, 1.54) is 35.8 Å². The molecule has 0 atom stereocenters. The number of benzene rings is 1. The minimum Gasteiger partial charge on any atom is -0.493 e. The number of hydrogen-bond donors (Lipinski definition) is 1. The van der Waals surface area contributed by atoms with Gasteiger partial charge in [0.1, 0.15) is 12.3 Å². The van der Waals surface area contributed by atoms with Gasteiger partial charge in [-0.15, -0.1) is 0 Å². The topological polar surface area (TPSA) is 113 Å². The molecule has 1 amide bonds. The Labute approximate surface area is 159 Å². The summed E-state index contributed by atoms with van der Waals surface area (Å²) < 4.78 is 9.11. The SMILES string of the molecule is CCOc1ccccc1/C=N\NC(=O)Cn1cnc2c1c(=O)n(C)c(=O)n2C. The standard InChI is InChI=1S/C18H20N6O4/c1-4-28-13-8-6-5-7-12(13)9-20-21-14(25)10-24-11-19-16-15(24)17(26)23(3)18(27)22(16)2/h5-9,11H,4,10H2,1-3H3,(H,21,25)/b20-9-. The third-order valence-corrected chi connectivity index (χ3v) is 4.14. The van der Waals surface area contributed by atoms with Crippen LogP contribution in [0.1, 0.15) is 12.5 Å². The van der Waals surface area contributed by atoms with Crippen molar-refractivity contribution in [3.63, 3.8) is 0 Å². The Hall–Kier alpha value is -3.69. The number of para-hydroxylation sites is 1. The lowest BCUT2D eigenvalue weighted by molar-refractivity contribution is -0.121. The predicted octanol–water partition coefficient (Wildman–Crippen LogP) is -0.0173. The minimum atomic E-state index is -0.516. The van der Waals surface area contributed by atoms with Crippen LogP contribution in [-0.4, -0.2) is 37.4 Å². The van der Waals surface area contributed by atoms with Gasteiger partial charge in [0.2, 0.25) is 0 Å². The molecule has 2 heterocycles. The molecule has 3 aromatic rings. The molecule has 2 aromatic heterocycles. The van der Waals surface area contributed by atoms with Gasteiger partial charge < -0.3 is 9.30 Å². The molecule has 0 fully saturated rings. The van der Waals surface area contributed by atoms with E-state index in [4.69, 9.17) is 4.74 Å². The van der Waals surface area contributed by atoms with Gasteiger partial charge in [-0.1, -0.05) is 12.1 Å². The molecule has 0 aliphatic rings. The molecular formula is C18H20N6O4. The van der Waals surface area contributed by atoms with Crippen molar-refractivity contribution in [3.05, 3.63) is 57.0 Å². The van der Waals surface area contributed by atoms with E-state index in [1.54, 1.807) is 0 Å². The average Bonchev–Trinajstić information content (AvgIpc) is 3.10. The molecule has 28 heavy (non-hydrogen) atoms. The third-order valence-electron chi connectivity index (χ3n) is 4.14. The zero-order valence-corrected chi connectivity index (χ0v) is 15.7. The summed E-state index contributed by atoms with van der Waals surface area (Å²) in [5, 5.41) is 3.94. The van der Waals surface area contributed by atoms with Crippen LogP contribution < -0.4 is 21.4 Å². The minimum absolute atomic E-state index is 0.172. The Balaban J connectivity index is 1.78. The average molecular weight is 384 g/mol. The molecule has 0 spiro atoms. The summed E-state index contributed by atoms with van der Waals surface area (Å²) in [6.45, 7) is 2.22. The molecule has 0 bridgehead atoms. The largest absolute Gasteiger partial charge is 0.493 e. The van der Waals surface area contributed by atoms with Gasteiger partial charge in [-0.25, -0.2) is 15.2 Å². The molecular weight excluding hydrogens is 364 g/mol. The second kappa shape index (κ2) is 7.91. The van der Waals surface area contributed by atoms with Gasteiger partial charge in [-0.2, -0.15) is 5.10 Å². The van der Waals surface area contributed by atoms with E-state index in [0.29, 0.717) is 12.4 Å².